The number of carbonyl (C=O) groups excluding carboxylic acids is 1. The van der Waals surface area contributed by atoms with Gasteiger partial charge in [-0.05, 0) is 87.0 Å². The van der Waals surface area contributed by atoms with Crippen LogP contribution in [0.15, 0.2) is 53.4 Å². The maximum Gasteiger partial charge on any atom is 0.490 e. The summed E-state index contributed by atoms with van der Waals surface area (Å²) in [5, 5.41) is 9.53. The summed E-state index contributed by atoms with van der Waals surface area (Å²) in [5.74, 6) is -2.40. The normalized spacial score (nSPS) is 17.4. The molecule has 2 aliphatic rings. The highest BCUT2D eigenvalue weighted by Crippen LogP contribution is 2.31. The van der Waals surface area contributed by atoms with E-state index in [2.05, 4.69) is 14.9 Å². The quantitative estimate of drug-likeness (QED) is 0.295. The molecule has 15 heteroatoms. The summed E-state index contributed by atoms with van der Waals surface area (Å²) in [6, 6.07) is 9.78. The van der Waals surface area contributed by atoms with Gasteiger partial charge in [0.25, 0.3) is 5.91 Å². The highest BCUT2D eigenvalue weighted by atomic mass is 32.2. The van der Waals surface area contributed by atoms with Crippen molar-refractivity contribution in [2.45, 2.75) is 62.2 Å². The van der Waals surface area contributed by atoms with Gasteiger partial charge in [0.05, 0.1) is 10.5 Å². The number of sulfonamides is 1. The van der Waals surface area contributed by atoms with Gasteiger partial charge in [-0.2, -0.15) is 26.3 Å². The number of hydrogen-bond acceptors (Lipinski definition) is 5. The highest BCUT2D eigenvalue weighted by Gasteiger charge is 2.38. The van der Waals surface area contributed by atoms with E-state index in [9.17, 15) is 39.6 Å². The summed E-state index contributed by atoms with van der Waals surface area (Å²) in [4.78, 5) is 24.0. The Morgan fingerprint density at radius 1 is 0.864 bits per heavy atom. The molecular formula is C29H35F6N3O5S. The number of anilines is 1. The number of carbonyl (C=O) groups is 2. The minimum absolute atomic E-state index is 0.0268. The lowest BCUT2D eigenvalue weighted by atomic mass is 9.88. The van der Waals surface area contributed by atoms with Crippen LogP contribution in [0, 0.1) is 11.8 Å². The number of alkyl halides is 6. The first kappa shape index (κ1) is 35.3. The molecular weight excluding hydrogens is 616 g/mol. The number of carboxylic acid groups (broad SMARTS) is 1. The molecule has 0 spiro atoms. The molecule has 2 aromatic carbocycles. The van der Waals surface area contributed by atoms with Gasteiger partial charge < -0.3 is 15.3 Å². The number of aliphatic carboxylic acids is 1. The Labute approximate surface area is 251 Å². The third kappa shape index (κ3) is 11.1. The number of halogens is 6. The molecule has 0 aromatic heterocycles. The fraction of sp³-hybridized carbons (Fsp3) is 0.517. The molecule has 2 fully saturated rings. The van der Waals surface area contributed by atoms with Crippen LogP contribution in [0.4, 0.5) is 32.0 Å². The average molecular weight is 652 g/mol. The smallest absolute Gasteiger partial charge is 0.475 e. The third-order valence-corrected chi connectivity index (χ3v) is 9.03. The maximum atomic E-state index is 12.9. The fourth-order valence-corrected chi connectivity index (χ4v) is 6.36. The van der Waals surface area contributed by atoms with Gasteiger partial charge >= 0.3 is 18.3 Å². The van der Waals surface area contributed by atoms with E-state index in [0.29, 0.717) is 6.54 Å². The molecule has 1 aliphatic carbocycles. The largest absolute Gasteiger partial charge is 0.490 e. The van der Waals surface area contributed by atoms with Crippen LogP contribution in [-0.4, -0.2) is 62.7 Å². The first-order valence-electron chi connectivity index (χ1n) is 14.2. The lowest BCUT2D eigenvalue weighted by Crippen LogP contribution is -2.40. The molecule has 1 heterocycles. The van der Waals surface area contributed by atoms with Gasteiger partial charge in [-0.1, -0.05) is 31.4 Å². The van der Waals surface area contributed by atoms with E-state index in [-0.39, 0.29) is 22.1 Å². The van der Waals surface area contributed by atoms with Gasteiger partial charge in [-0.15, -0.1) is 0 Å². The van der Waals surface area contributed by atoms with Gasteiger partial charge in [0.2, 0.25) is 10.0 Å². The molecule has 0 radical (unpaired) electrons. The Kier molecular flexibility index (Phi) is 12.2. The van der Waals surface area contributed by atoms with E-state index in [4.69, 9.17) is 9.90 Å². The molecule has 2 aromatic rings. The number of piperidine rings is 1. The van der Waals surface area contributed by atoms with Crippen LogP contribution in [-0.2, 0) is 21.0 Å². The van der Waals surface area contributed by atoms with Crippen LogP contribution in [0.25, 0.3) is 0 Å². The predicted molar refractivity (Wildman–Crippen MR) is 150 cm³/mol. The van der Waals surface area contributed by atoms with Crippen LogP contribution >= 0.6 is 0 Å². The van der Waals surface area contributed by atoms with Crippen LogP contribution in [0.3, 0.4) is 0 Å². The van der Waals surface area contributed by atoms with Gasteiger partial charge in [0.15, 0.2) is 0 Å². The number of benzene rings is 2. The number of carboxylic acids is 1. The summed E-state index contributed by atoms with van der Waals surface area (Å²) in [6.07, 6.45) is -1.10. The van der Waals surface area contributed by atoms with E-state index < -0.39 is 39.8 Å². The van der Waals surface area contributed by atoms with Gasteiger partial charge in [-0.3, -0.25) is 4.79 Å². The lowest BCUT2D eigenvalue weighted by Gasteiger charge is -2.35. The number of hydrogen-bond donors (Lipinski definition) is 3. The molecule has 1 saturated carbocycles. The topological polar surface area (TPSA) is 116 Å². The van der Waals surface area contributed by atoms with Crippen LogP contribution < -0.4 is 10.0 Å². The van der Waals surface area contributed by atoms with Crippen molar-refractivity contribution < 1.29 is 49.5 Å². The third-order valence-electron chi connectivity index (χ3n) is 7.61. The zero-order chi connectivity index (χ0) is 32.5. The molecule has 1 aliphatic heterocycles. The summed E-state index contributed by atoms with van der Waals surface area (Å²) in [5.41, 5.74) is -0.872. The molecule has 3 N–H and O–H groups in total. The summed E-state index contributed by atoms with van der Waals surface area (Å²) in [6.45, 7) is 3.44. The standard InChI is InChI=1S/C27H34F3N3O3S.C2HF3O2/c28-27(29,30)23-9-5-10-24(17-23)32-26(34)22-8-4-11-25(16-22)37(35,36)31-18-20-12-14-33(15-13-20)19-21-6-2-1-3-7-21;3-2(4,5)1(6)7/h4-5,8-11,16-17,20-21,31H,1-3,6-7,12-15,18-19H2,(H,32,34);(H,6,7). The van der Waals surface area contributed by atoms with E-state index in [1.807, 2.05) is 0 Å². The van der Waals surface area contributed by atoms with Crippen molar-refractivity contribution in [2.24, 2.45) is 11.8 Å². The van der Waals surface area contributed by atoms with Crippen molar-refractivity contribution in [1.82, 2.24) is 9.62 Å². The van der Waals surface area contributed by atoms with Crippen LogP contribution in [0.2, 0.25) is 0 Å². The monoisotopic (exact) mass is 651 g/mol. The number of likely N-dealkylation sites (tertiary alicyclic amines) is 1. The number of nitrogens with zero attached hydrogens (tertiary/aromatic N) is 1. The Morgan fingerprint density at radius 2 is 1.48 bits per heavy atom. The number of amides is 1. The molecule has 0 atom stereocenters. The first-order valence-corrected chi connectivity index (χ1v) is 15.6. The van der Waals surface area contributed by atoms with Gasteiger partial charge in [0.1, 0.15) is 0 Å². The molecule has 8 nitrogen and oxygen atoms in total. The Balaban J connectivity index is 0.000000676. The van der Waals surface area contributed by atoms with Gasteiger partial charge in [-0.25, -0.2) is 17.9 Å². The second kappa shape index (κ2) is 15.2. The zero-order valence-corrected chi connectivity index (χ0v) is 24.6. The van der Waals surface area contributed by atoms with Crippen LogP contribution in [0.1, 0.15) is 60.9 Å². The molecule has 244 valence electrons. The Morgan fingerprint density at radius 3 is 2.07 bits per heavy atom. The number of rotatable bonds is 8. The van der Waals surface area contributed by atoms with E-state index in [1.165, 1.54) is 68.5 Å². The minimum Gasteiger partial charge on any atom is -0.475 e. The van der Waals surface area contributed by atoms with Crippen molar-refractivity contribution in [2.75, 3.05) is 31.5 Å². The van der Waals surface area contributed by atoms with Crippen LogP contribution in [0.5, 0.6) is 0 Å². The Bertz CT molecular complexity index is 1370. The summed E-state index contributed by atoms with van der Waals surface area (Å²) in [7, 11) is -3.84. The Hall–Kier alpha value is -3.17. The first-order chi connectivity index (χ1) is 20.5. The summed E-state index contributed by atoms with van der Waals surface area (Å²) >= 11 is 0. The van der Waals surface area contributed by atoms with Crippen molar-refractivity contribution in [3.05, 3.63) is 59.7 Å². The SMILES string of the molecule is O=C(Nc1cccc(C(F)(F)F)c1)c1cccc(S(=O)(=O)NCC2CCN(CC3CCCCC3)CC2)c1.O=C(O)C(F)(F)F. The molecule has 0 bridgehead atoms. The molecule has 0 unspecified atom stereocenters. The van der Waals surface area contributed by atoms with Crippen molar-refractivity contribution >= 4 is 27.6 Å². The molecule has 44 heavy (non-hydrogen) atoms. The van der Waals surface area contributed by atoms with E-state index in [0.717, 1.165) is 50.5 Å². The van der Waals surface area contributed by atoms with Crippen molar-refractivity contribution in [3.63, 3.8) is 0 Å². The second-order valence-corrected chi connectivity index (χ2v) is 12.7. The van der Waals surface area contributed by atoms with Gasteiger partial charge in [0, 0.05) is 24.3 Å². The lowest BCUT2D eigenvalue weighted by molar-refractivity contribution is -0.192. The van der Waals surface area contributed by atoms with E-state index in [1.54, 1.807) is 0 Å². The minimum atomic E-state index is -5.08. The maximum absolute atomic E-state index is 12.9. The predicted octanol–water partition coefficient (Wildman–Crippen LogP) is 6.16. The molecule has 4 rings (SSSR count). The fourth-order valence-electron chi connectivity index (χ4n) is 5.20. The average Bonchev–Trinajstić information content (AvgIpc) is 2.97. The zero-order valence-electron chi connectivity index (χ0n) is 23.8. The van der Waals surface area contributed by atoms with Crippen molar-refractivity contribution in [3.8, 4) is 0 Å². The number of nitrogens with one attached hydrogen (secondary N) is 2. The highest BCUT2D eigenvalue weighted by molar-refractivity contribution is 7.89. The second-order valence-electron chi connectivity index (χ2n) is 11.0. The molecule has 1 saturated heterocycles. The molecule has 1 amide bonds. The van der Waals surface area contributed by atoms with Crippen molar-refractivity contribution in [1.29, 1.82) is 0 Å². The van der Waals surface area contributed by atoms with E-state index >= 15 is 0 Å². The summed E-state index contributed by atoms with van der Waals surface area (Å²) < 4.78 is 99.1.